The average Bonchev–Trinajstić information content (AvgIpc) is 3.40. The molecule has 0 radical (unpaired) electrons. The van der Waals surface area contributed by atoms with E-state index in [2.05, 4.69) is 167 Å². The number of ether oxygens (including phenoxy) is 8. The van der Waals surface area contributed by atoms with Crippen LogP contribution in [0.3, 0.4) is 0 Å². The Kier molecular flexibility index (Phi) is 16.1. The molecule has 70 heavy (non-hydrogen) atoms. The van der Waals surface area contributed by atoms with Gasteiger partial charge >= 0.3 is 0 Å². The van der Waals surface area contributed by atoms with Gasteiger partial charge in [-0.15, -0.1) is 0 Å². The van der Waals surface area contributed by atoms with E-state index in [1.165, 1.54) is 0 Å². The van der Waals surface area contributed by atoms with Crippen LogP contribution in [0.15, 0.2) is 182 Å². The van der Waals surface area contributed by atoms with Crippen molar-refractivity contribution in [2.75, 3.05) is 55.6 Å². The molecular weight excluding hydrogens is 1100 g/mol. The largest absolute Gasteiger partial charge is 0.466 e. The van der Waals surface area contributed by atoms with Crippen molar-refractivity contribution in [3.63, 3.8) is 0 Å². The number of benzene rings is 10. The van der Waals surface area contributed by atoms with E-state index in [0.717, 1.165) is 118 Å². The van der Waals surface area contributed by atoms with Crippen LogP contribution < -0.4 is 18.9 Å². The van der Waals surface area contributed by atoms with Gasteiger partial charge in [-0.1, -0.05) is 158 Å². The van der Waals surface area contributed by atoms with Crippen LogP contribution in [-0.4, -0.2) is 55.6 Å². The molecule has 0 unspecified atom stereocenters. The molecular formula is C60H50I2O8. The van der Waals surface area contributed by atoms with Gasteiger partial charge in [-0.05, 0) is 124 Å². The summed E-state index contributed by atoms with van der Waals surface area (Å²) >= 11 is 4.65. The first kappa shape index (κ1) is 48.8. The minimum Gasteiger partial charge on any atom is -0.466 e. The summed E-state index contributed by atoms with van der Waals surface area (Å²) in [5.41, 5.74) is 7.98. The molecule has 10 rings (SSSR count). The van der Waals surface area contributed by atoms with Gasteiger partial charge in [-0.2, -0.15) is 0 Å². The van der Waals surface area contributed by atoms with E-state index in [1.807, 2.05) is 60.7 Å². The van der Waals surface area contributed by atoms with Gasteiger partial charge < -0.3 is 37.9 Å². The van der Waals surface area contributed by atoms with Gasteiger partial charge in [0, 0.05) is 61.8 Å². The lowest BCUT2D eigenvalue weighted by Crippen LogP contribution is -2.06. The molecule has 10 aromatic rings. The standard InChI is InChI=1S/C36H30O4.C24H20I2O4/c1-37-23-39-35-31(25-13-5-3-6-14-25)21-27-17-9-11-19-29(27)33(35)34-30-20-12-10-18-28(30)22-32(36(34)40-24-38-2)26-15-7-4-8-16-26;1-27-13-29-23-19(25)11-15-7-3-5-9-17(15)21(23)22-18-10-6-4-8-16(18)12-20(26)24(22)30-14-28-2/h3-22H,23-24H2,1-2H3;3-12H,13-14H2,1-2H3. The van der Waals surface area contributed by atoms with Crippen molar-refractivity contribution >= 4 is 88.3 Å². The number of methoxy groups -OCH3 is 4. The van der Waals surface area contributed by atoms with Gasteiger partial charge in [0.05, 0.1) is 7.14 Å². The van der Waals surface area contributed by atoms with E-state index < -0.39 is 0 Å². The number of halogens is 2. The van der Waals surface area contributed by atoms with E-state index in [0.29, 0.717) is 0 Å². The van der Waals surface area contributed by atoms with Crippen molar-refractivity contribution in [1.29, 1.82) is 0 Å². The smallest absolute Gasteiger partial charge is 0.188 e. The number of hydrogen-bond acceptors (Lipinski definition) is 8. The lowest BCUT2D eigenvalue weighted by molar-refractivity contribution is 0.0495. The van der Waals surface area contributed by atoms with Crippen LogP contribution in [-0.2, 0) is 18.9 Å². The van der Waals surface area contributed by atoms with Gasteiger partial charge in [0.15, 0.2) is 27.2 Å². The van der Waals surface area contributed by atoms with Crippen LogP contribution in [0.5, 0.6) is 23.0 Å². The topological polar surface area (TPSA) is 73.8 Å². The molecule has 0 spiro atoms. The Morgan fingerprint density at radius 2 is 0.557 bits per heavy atom. The van der Waals surface area contributed by atoms with Gasteiger partial charge in [0.25, 0.3) is 0 Å². The monoisotopic (exact) mass is 1150 g/mol. The third-order valence-corrected chi connectivity index (χ3v) is 13.5. The highest BCUT2D eigenvalue weighted by atomic mass is 127. The summed E-state index contributed by atoms with van der Waals surface area (Å²) in [7, 11) is 6.53. The highest BCUT2D eigenvalue weighted by molar-refractivity contribution is 14.1. The zero-order valence-electron chi connectivity index (χ0n) is 39.2. The first-order valence-electron chi connectivity index (χ1n) is 22.6. The maximum absolute atomic E-state index is 6.48. The number of rotatable bonds is 16. The fraction of sp³-hybridized carbons (Fsp3) is 0.133. The zero-order valence-corrected chi connectivity index (χ0v) is 43.5. The van der Waals surface area contributed by atoms with Crippen LogP contribution in [0.1, 0.15) is 0 Å². The van der Waals surface area contributed by atoms with Crippen LogP contribution in [0.2, 0.25) is 0 Å². The molecule has 0 saturated carbocycles. The SMILES string of the molecule is COCOc1c(-c2ccccc2)cc2ccccc2c1-c1c(OCOC)c(-c2ccccc2)cc2ccccc12.COCOc1c(I)cc2ccccc2c1-c1c(OCOC)c(I)cc2ccccc12. The van der Waals surface area contributed by atoms with Gasteiger partial charge in [-0.3, -0.25) is 0 Å². The van der Waals surface area contributed by atoms with Crippen LogP contribution >= 0.6 is 45.2 Å². The van der Waals surface area contributed by atoms with Crippen LogP contribution in [0.25, 0.3) is 87.6 Å². The number of hydrogen-bond donors (Lipinski definition) is 0. The summed E-state index contributed by atoms with van der Waals surface area (Å²) in [4.78, 5) is 0. The van der Waals surface area contributed by atoms with E-state index in [9.17, 15) is 0 Å². The van der Waals surface area contributed by atoms with E-state index in [1.54, 1.807) is 28.4 Å². The summed E-state index contributed by atoms with van der Waals surface area (Å²) < 4.78 is 48.5. The van der Waals surface area contributed by atoms with Crippen molar-refractivity contribution in [1.82, 2.24) is 0 Å². The van der Waals surface area contributed by atoms with Crippen LogP contribution in [0, 0.1) is 7.14 Å². The third-order valence-electron chi connectivity index (χ3n) is 11.9. The molecule has 352 valence electrons. The Labute approximate surface area is 435 Å². The molecule has 0 saturated heterocycles. The van der Waals surface area contributed by atoms with Crippen LogP contribution in [0.4, 0.5) is 0 Å². The summed E-state index contributed by atoms with van der Waals surface area (Å²) in [6.45, 7) is 0.542. The highest BCUT2D eigenvalue weighted by Crippen LogP contribution is 2.53. The van der Waals surface area contributed by atoms with E-state index in [-0.39, 0.29) is 27.2 Å². The lowest BCUT2D eigenvalue weighted by Gasteiger charge is -2.24. The summed E-state index contributed by atoms with van der Waals surface area (Å²) in [5, 5.41) is 8.80. The predicted octanol–water partition coefficient (Wildman–Crippen LogP) is 15.8. The van der Waals surface area contributed by atoms with Crippen molar-refractivity contribution in [3.8, 4) is 67.5 Å². The fourth-order valence-electron chi connectivity index (χ4n) is 8.96. The summed E-state index contributed by atoms with van der Waals surface area (Å²) in [5.74, 6) is 3.05. The Morgan fingerprint density at radius 1 is 0.300 bits per heavy atom. The maximum atomic E-state index is 6.48. The van der Waals surface area contributed by atoms with E-state index in [4.69, 9.17) is 37.9 Å². The molecule has 0 heterocycles. The Hall–Kier alpha value is -6.26. The maximum Gasteiger partial charge on any atom is 0.188 e. The fourth-order valence-corrected chi connectivity index (χ4v) is 10.5. The van der Waals surface area contributed by atoms with Crippen molar-refractivity contribution in [2.45, 2.75) is 0 Å². The van der Waals surface area contributed by atoms with Crippen molar-refractivity contribution in [2.24, 2.45) is 0 Å². The molecule has 0 bridgehead atoms. The first-order chi connectivity index (χ1) is 34.4. The third kappa shape index (κ3) is 10.2. The van der Waals surface area contributed by atoms with Gasteiger partial charge in [0.2, 0.25) is 0 Å². The van der Waals surface area contributed by atoms with Crippen molar-refractivity contribution in [3.05, 3.63) is 189 Å². The summed E-state index contributed by atoms with van der Waals surface area (Å²) in [6.07, 6.45) is 0. The molecule has 0 aliphatic heterocycles. The molecule has 0 aliphatic rings. The van der Waals surface area contributed by atoms with E-state index >= 15 is 0 Å². The number of fused-ring (bicyclic) bond motifs is 4. The molecule has 10 aromatic carbocycles. The minimum atomic E-state index is 0.107. The molecule has 0 aliphatic carbocycles. The zero-order chi connectivity index (χ0) is 48.4. The lowest BCUT2D eigenvalue weighted by atomic mass is 9.86. The second-order valence-corrected chi connectivity index (χ2v) is 18.5. The van der Waals surface area contributed by atoms with Gasteiger partial charge in [0.1, 0.15) is 23.0 Å². The Balaban J connectivity index is 0.000000181. The average molecular weight is 1150 g/mol. The molecule has 8 nitrogen and oxygen atoms in total. The molecule has 10 heteroatoms. The quantitative estimate of drug-likeness (QED) is 0.0700. The summed E-state index contributed by atoms with van der Waals surface area (Å²) in [6, 6.07) is 62.8. The second kappa shape index (κ2) is 23.1. The van der Waals surface area contributed by atoms with Crippen molar-refractivity contribution < 1.29 is 37.9 Å². The Bertz CT molecular complexity index is 3190. The normalized spacial score (nSPS) is 11.2. The Morgan fingerprint density at radius 3 is 0.871 bits per heavy atom. The highest BCUT2D eigenvalue weighted by Gasteiger charge is 2.27. The molecule has 0 fully saturated rings. The molecule has 0 aromatic heterocycles. The molecule has 0 N–H and O–H groups in total. The predicted molar refractivity (Wildman–Crippen MR) is 300 cm³/mol. The molecule has 0 atom stereocenters. The molecule has 0 amide bonds. The first-order valence-corrected chi connectivity index (χ1v) is 24.7. The minimum absolute atomic E-state index is 0.107. The second-order valence-electron chi connectivity index (χ2n) is 16.2. The van der Waals surface area contributed by atoms with Gasteiger partial charge in [-0.25, -0.2) is 0 Å².